The third kappa shape index (κ3) is 3.15. The Morgan fingerprint density at radius 2 is 2.40 bits per heavy atom. The topological polar surface area (TPSA) is 102 Å². The number of esters is 1. The lowest BCUT2D eigenvalue weighted by atomic mass is 10.2. The first-order chi connectivity index (χ1) is 9.61. The summed E-state index contributed by atoms with van der Waals surface area (Å²) in [5.74, 6) is -1.68. The molecule has 2 aromatic heterocycles. The van der Waals surface area contributed by atoms with Gasteiger partial charge in [-0.15, -0.1) is 11.3 Å². The molecule has 2 heterocycles. The Hall–Kier alpha value is -2.35. The second-order valence-electron chi connectivity index (χ2n) is 3.69. The van der Waals surface area contributed by atoms with E-state index < -0.39 is 18.0 Å². The zero-order valence-electron chi connectivity index (χ0n) is 10.5. The monoisotopic (exact) mass is 296 g/mol. The Morgan fingerprint density at radius 3 is 3.00 bits per heavy atom. The van der Waals surface area contributed by atoms with Crippen molar-refractivity contribution in [2.24, 2.45) is 0 Å². The van der Waals surface area contributed by atoms with Gasteiger partial charge in [-0.2, -0.15) is 4.98 Å². The largest absolute Gasteiger partial charge is 0.479 e. The molecule has 106 valence electrons. The number of carbonyl (C=O) groups excluding carboxylic acids is 1. The molecule has 2 aromatic rings. The van der Waals surface area contributed by atoms with E-state index in [1.807, 2.05) is 0 Å². The third-order valence-electron chi connectivity index (χ3n) is 2.33. The number of carbonyl (C=O) groups is 2. The van der Waals surface area contributed by atoms with Crippen LogP contribution in [0.25, 0.3) is 0 Å². The molecular formula is C12H12N2O5S. The van der Waals surface area contributed by atoms with Gasteiger partial charge in [0.25, 0.3) is 6.01 Å². The number of rotatable bonds is 6. The molecule has 0 spiro atoms. The number of hydrogen-bond acceptors (Lipinski definition) is 7. The first kappa shape index (κ1) is 14.1. The van der Waals surface area contributed by atoms with E-state index in [9.17, 15) is 14.7 Å². The minimum absolute atomic E-state index is 0.00957. The van der Waals surface area contributed by atoms with E-state index in [0.29, 0.717) is 4.88 Å². The summed E-state index contributed by atoms with van der Waals surface area (Å²) >= 11 is 1.30. The maximum atomic E-state index is 11.4. The summed E-state index contributed by atoms with van der Waals surface area (Å²) in [7, 11) is 0. The van der Waals surface area contributed by atoms with Crippen LogP contribution in [0, 0.1) is 0 Å². The molecule has 0 aliphatic rings. The van der Waals surface area contributed by atoms with Gasteiger partial charge in [0, 0.05) is 4.88 Å². The average Bonchev–Trinajstić information content (AvgIpc) is 3.07. The predicted octanol–water partition coefficient (Wildman–Crippen LogP) is 2.15. The maximum Gasteiger partial charge on any atom is 0.360 e. The lowest BCUT2D eigenvalue weighted by Crippen LogP contribution is -2.19. The molecule has 0 saturated carbocycles. The number of ether oxygens (including phenoxy) is 1. The number of aromatic nitrogens is 1. The molecular weight excluding hydrogens is 284 g/mol. The van der Waals surface area contributed by atoms with Crippen molar-refractivity contribution in [1.29, 1.82) is 0 Å². The standard InChI is InChI=1S/C12H12N2O5S/c1-2-18-11(17)7-6-19-12(13-7)14-9(10(15)16)8-4-3-5-20-8/h3-6,9H,2H2,1H3,(H,13,14)(H,15,16). The Labute approximate surface area is 118 Å². The number of thiophene rings is 1. The summed E-state index contributed by atoms with van der Waals surface area (Å²) in [6, 6.07) is 2.40. The van der Waals surface area contributed by atoms with Crippen molar-refractivity contribution in [2.45, 2.75) is 13.0 Å². The quantitative estimate of drug-likeness (QED) is 0.787. The van der Waals surface area contributed by atoms with Crippen LogP contribution < -0.4 is 5.32 Å². The minimum atomic E-state index is -1.07. The number of carboxylic acids is 1. The summed E-state index contributed by atoms with van der Waals surface area (Å²) in [6.45, 7) is 1.90. The Bertz CT molecular complexity index is 593. The van der Waals surface area contributed by atoms with Gasteiger partial charge in [0.2, 0.25) is 0 Å². The maximum absolute atomic E-state index is 11.4. The second kappa shape index (κ2) is 6.20. The van der Waals surface area contributed by atoms with Crippen molar-refractivity contribution in [1.82, 2.24) is 4.98 Å². The van der Waals surface area contributed by atoms with E-state index in [2.05, 4.69) is 10.3 Å². The molecule has 0 aromatic carbocycles. The number of carboxylic acid groups (broad SMARTS) is 1. The van der Waals surface area contributed by atoms with Crippen LogP contribution in [0.15, 0.2) is 28.2 Å². The van der Waals surface area contributed by atoms with E-state index >= 15 is 0 Å². The minimum Gasteiger partial charge on any atom is -0.479 e. The highest BCUT2D eigenvalue weighted by atomic mass is 32.1. The summed E-state index contributed by atoms with van der Waals surface area (Å²) < 4.78 is 9.79. The van der Waals surface area contributed by atoms with Crippen LogP contribution in [0.3, 0.4) is 0 Å². The predicted molar refractivity (Wildman–Crippen MR) is 70.8 cm³/mol. The first-order valence-corrected chi connectivity index (χ1v) is 6.65. The molecule has 1 unspecified atom stereocenters. The number of nitrogens with one attached hydrogen (secondary N) is 1. The van der Waals surface area contributed by atoms with Gasteiger partial charge in [0.1, 0.15) is 6.26 Å². The van der Waals surface area contributed by atoms with Crippen molar-refractivity contribution >= 4 is 29.3 Å². The molecule has 0 fully saturated rings. The smallest absolute Gasteiger partial charge is 0.360 e. The van der Waals surface area contributed by atoms with E-state index in [-0.39, 0.29) is 18.3 Å². The molecule has 2 rings (SSSR count). The van der Waals surface area contributed by atoms with E-state index in [1.165, 1.54) is 11.3 Å². The summed E-state index contributed by atoms with van der Waals surface area (Å²) in [5.41, 5.74) is -0.00957. The van der Waals surface area contributed by atoms with Crippen LogP contribution in [-0.2, 0) is 9.53 Å². The molecule has 0 aliphatic heterocycles. The number of hydrogen-bond donors (Lipinski definition) is 2. The number of aliphatic carboxylic acids is 1. The van der Waals surface area contributed by atoms with E-state index in [0.717, 1.165) is 6.26 Å². The van der Waals surface area contributed by atoms with E-state index in [1.54, 1.807) is 24.4 Å². The normalized spacial score (nSPS) is 11.8. The Kier molecular flexibility index (Phi) is 4.36. The van der Waals surface area contributed by atoms with Gasteiger partial charge in [-0.05, 0) is 18.4 Å². The van der Waals surface area contributed by atoms with Crippen molar-refractivity contribution in [2.75, 3.05) is 11.9 Å². The second-order valence-corrected chi connectivity index (χ2v) is 4.67. The highest BCUT2D eigenvalue weighted by Crippen LogP contribution is 2.23. The lowest BCUT2D eigenvalue weighted by Gasteiger charge is -2.10. The molecule has 0 bridgehead atoms. The summed E-state index contributed by atoms with van der Waals surface area (Å²) in [5, 5.41) is 13.6. The Balaban J connectivity index is 2.12. The van der Waals surface area contributed by atoms with Crippen LogP contribution >= 0.6 is 11.3 Å². The van der Waals surface area contributed by atoms with Crippen molar-refractivity contribution < 1.29 is 23.8 Å². The molecule has 0 aliphatic carbocycles. The van der Waals surface area contributed by atoms with Crippen LogP contribution in [0.2, 0.25) is 0 Å². The molecule has 20 heavy (non-hydrogen) atoms. The third-order valence-corrected chi connectivity index (χ3v) is 3.27. The van der Waals surface area contributed by atoms with Crippen LogP contribution in [-0.4, -0.2) is 28.6 Å². The van der Waals surface area contributed by atoms with Gasteiger partial charge in [-0.25, -0.2) is 9.59 Å². The fourth-order valence-electron chi connectivity index (χ4n) is 1.47. The zero-order chi connectivity index (χ0) is 14.5. The fourth-order valence-corrected chi connectivity index (χ4v) is 2.24. The highest BCUT2D eigenvalue weighted by Gasteiger charge is 2.23. The van der Waals surface area contributed by atoms with Gasteiger partial charge < -0.3 is 19.6 Å². The molecule has 7 nitrogen and oxygen atoms in total. The summed E-state index contributed by atoms with van der Waals surface area (Å²) in [4.78, 5) is 27.1. The van der Waals surface area contributed by atoms with Gasteiger partial charge in [0.15, 0.2) is 11.7 Å². The molecule has 0 amide bonds. The Morgan fingerprint density at radius 1 is 1.60 bits per heavy atom. The molecule has 2 N–H and O–H groups in total. The van der Waals surface area contributed by atoms with Crippen molar-refractivity contribution in [3.63, 3.8) is 0 Å². The van der Waals surface area contributed by atoms with Crippen LogP contribution in [0.4, 0.5) is 6.01 Å². The van der Waals surface area contributed by atoms with Crippen LogP contribution in [0.1, 0.15) is 28.3 Å². The molecule has 0 saturated heterocycles. The van der Waals surface area contributed by atoms with Gasteiger partial charge >= 0.3 is 11.9 Å². The average molecular weight is 296 g/mol. The zero-order valence-corrected chi connectivity index (χ0v) is 11.3. The summed E-state index contributed by atoms with van der Waals surface area (Å²) in [6.07, 6.45) is 1.12. The van der Waals surface area contributed by atoms with Crippen molar-refractivity contribution in [3.8, 4) is 0 Å². The number of anilines is 1. The number of nitrogens with zero attached hydrogens (tertiary/aromatic N) is 1. The van der Waals surface area contributed by atoms with E-state index in [4.69, 9.17) is 9.15 Å². The molecule has 1 atom stereocenters. The van der Waals surface area contributed by atoms with Gasteiger partial charge in [-0.1, -0.05) is 6.07 Å². The molecule has 8 heteroatoms. The van der Waals surface area contributed by atoms with Crippen LogP contribution in [0.5, 0.6) is 0 Å². The molecule has 0 radical (unpaired) electrons. The van der Waals surface area contributed by atoms with Gasteiger partial charge in [0.05, 0.1) is 6.61 Å². The fraction of sp³-hybridized carbons (Fsp3) is 0.250. The highest BCUT2D eigenvalue weighted by molar-refractivity contribution is 7.10. The first-order valence-electron chi connectivity index (χ1n) is 5.77. The van der Waals surface area contributed by atoms with Gasteiger partial charge in [-0.3, -0.25) is 0 Å². The number of oxazole rings is 1. The SMILES string of the molecule is CCOC(=O)c1coc(NC(C(=O)O)c2cccs2)n1. The van der Waals surface area contributed by atoms with Crippen molar-refractivity contribution in [3.05, 3.63) is 34.3 Å². The lowest BCUT2D eigenvalue weighted by molar-refractivity contribution is -0.138.